The van der Waals surface area contributed by atoms with E-state index in [1.165, 1.54) is 5.56 Å². The quantitative estimate of drug-likeness (QED) is 0.782. The predicted octanol–water partition coefficient (Wildman–Crippen LogP) is 3.14. The first kappa shape index (κ1) is 23.0. The average Bonchev–Trinajstić information content (AvgIpc) is 2.80. The fraction of sp³-hybridized carbons (Fsp3) is 0.522. The van der Waals surface area contributed by atoms with Gasteiger partial charge in [-0.05, 0) is 44.7 Å². The molecule has 2 aromatic rings. The zero-order valence-corrected chi connectivity index (χ0v) is 19.1. The van der Waals surface area contributed by atoms with E-state index in [0.717, 1.165) is 74.4 Å². The molecule has 0 aliphatic carbocycles. The molecular formula is C23H34N6O2. The van der Waals surface area contributed by atoms with E-state index < -0.39 is 0 Å². The van der Waals surface area contributed by atoms with Crippen LogP contribution in [0.4, 0.5) is 16.3 Å². The van der Waals surface area contributed by atoms with E-state index in [0.29, 0.717) is 6.54 Å². The summed E-state index contributed by atoms with van der Waals surface area (Å²) < 4.78 is 5.53. The first-order valence-corrected chi connectivity index (χ1v) is 11.2. The number of fused-ring (bicyclic) bond motifs is 1. The Morgan fingerprint density at radius 3 is 2.48 bits per heavy atom. The molecule has 1 aromatic carbocycles. The molecule has 8 nitrogen and oxygen atoms in total. The highest BCUT2D eigenvalue weighted by atomic mass is 16.5. The van der Waals surface area contributed by atoms with Crippen molar-refractivity contribution < 1.29 is 9.53 Å². The third kappa shape index (κ3) is 5.71. The van der Waals surface area contributed by atoms with Crippen molar-refractivity contribution in [3.8, 4) is 11.4 Å². The number of morpholine rings is 1. The average molecular weight is 427 g/mol. The van der Waals surface area contributed by atoms with Crippen LogP contribution in [0.1, 0.15) is 32.0 Å². The van der Waals surface area contributed by atoms with Crippen LogP contribution >= 0.6 is 0 Å². The van der Waals surface area contributed by atoms with Crippen molar-refractivity contribution in [2.75, 3.05) is 56.7 Å². The lowest BCUT2D eigenvalue weighted by molar-refractivity contribution is 0.122. The smallest absolute Gasteiger partial charge is 0.319 e. The number of carbonyl (C=O) groups is 1. The molecule has 2 N–H and O–H groups in total. The predicted molar refractivity (Wildman–Crippen MR) is 125 cm³/mol. The lowest BCUT2D eigenvalue weighted by atomic mass is 10.0. The summed E-state index contributed by atoms with van der Waals surface area (Å²) >= 11 is 0. The van der Waals surface area contributed by atoms with Crippen LogP contribution in [0.3, 0.4) is 0 Å². The van der Waals surface area contributed by atoms with Crippen LogP contribution in [0.25, 0.3) is 11.4 Å². The van der Waals surface area contributed by atoms with Gasteiger partial charge in [0, 0.05) is 49.5 Å². The zero-order valence-electron chi connectivity index (χ0n) is 19.1. The van der Waals surface area contributed by atoms with Crippen LogP contribution in [0, 0.1) is 0 Å². The van der Waals surface area contributed by atoms with Crippen molar-refractivity contribution in [1.82, 2.24) is 20.2 Å². The van der Waals surface area contributed by atoms with E-state index in [9.17, 15) is 4.79 Å². The Labute approximate surface area is 185 Å². The second-order valence-corrected chi connectivity index (χ2v) is 7.45. The summed E-state index contributed by atoms with van der Waals surface area (Å²) in [6.45, 7) is 11.5. The maximum absolute atomic E-state index is 11.7. The molecule has 0 radical (unpaired) electrons. The summed E-state index contributed by atoms with van der Waals surface area (Å²) in [7, 11) is 2.13. The van der Waals surface area contributed by atoms with Crippen LogP contribution < -0.4 is 15.5 Å². The molecule has 1 saturated heterocycles. The van der Waals surface area contributed by atoms with Crippen molar-refractivity contribution in [1.29, 1.82) is 0 Å². The largest absolute Gasteiger partial charge is 0.378 e. The zero-order chi connectivity index (χ0) is 22.2. The molecule has 31 heavy (non-hydrogen) atoms. The third-order valence-electron chi connectivity index (χ3n) is 5.28. The highest BCUT2D eigenvalue weighted by Crippen LogP contribution is 2.30. The fourth-order valence-corrected chi connectivity index (χ4v) is 3.75. The maximum atomic E-state index is 11.7. The van der Waals surface area contributed by atoms with Crippen molar-refractivity contribution in [2.24, 2.45) is 0 Å². The van der Waals surface area contributed by atoms with Crippen LogP contribution in [0.5, 0.6) is 0 Å². The topological polar surface area (TPSA) is 82.6 Å². The van der Waals surface area contributed by atoms with Gasteiger partial charge in [0.1, 0.15) is 5.82 Å². The van der Waals surface area contributed by atoms with Crippen molar-refractivity contribution in [2.45, 2.75) is 33.7 Å². The molecule has 4 rings (SSSR count). The molecule has 0 unspecified atom stereocenters. The minimum Gasteiger partial charge on any atom is -0.378 e. The number of likely N-dealkylation sites (N-methyl/N-ethyl adjacent to an activating group) is 1. The molecule has 2 aliphatic heterocycles. The Morgan fingerprint density at radius 1 is 1.10 bits per heavy atom. The number of carbonyl (C=O) groups excluding carboxylic acids is 1. The number of benzene rings is 1. The summed E-state index contributed by atoms with van der Waals surface area (Å²) in [5, 5.41) is 5.55. The second kappa shape index (κ2) is 11.1. The first-order chi connectivity index (χ1) is 15.1. The van der Waals surface area contributed by atoms with E-state index in [1.54, 1.807) is 0 Å². The molecular weight excluding hydrogens is 392 g/mol. The molecule has 168 valence electrons. The maximum Gasteiger partial charge on any atom is 0.319 e. The number of amides is 2. The van der Waals surface area contributed by atoms with Crippen LogP contribution in [-0.2, 0) is 17.7 Å². The summed E-state index contributed by atoms with van der Waals surface area (Å²) in [5.41, 5.74) is 4.06. The Bertz CT molecular complexity index is 865. The number of urea groups is 1. The van der Waals surface area contributed by atoms with Crippen LogP contribution in [0.2, 0.25) is 0 Å². The van der Waals surface area contributed by atoms with Gasteiger partial charge in [0.25, 0.3) is 0 Å². The molecule has 0 saturated carbocycles. The number of rotatable bonds is 4. The summed E-state index contributed by atoms with van der Waals surface area (Å²) in [6, 6.07) is 7.47. The summed E-state index contributed by atoms with van der Waals surface area (Å²) in [5.74, 6) is 1.77. The number of nitrogens with one attached hydrogen (secondary N) is 2. The Hall–Kier alpha value is -2.71. The van der Waals surface area contributed by atoms with Gasteiger partial charge in [0.05, 0.1) is 18.9 Å². The number of aromatic nitrogens is 2. The highest BCUT2D eigenvalue weighted by Gasteiger charge is 2.25. The Balaban J connectivity index is 0.00000132. The molecule has 3 heterocycles. The summed E-state index contributed by atoms with van der Waals surface area (Å²) in [6.07, 6.45) is 0.966. The Kier molecular flexibility index (Phi) is 8.20. The van der Waals surface area contributed by atoms with E-state index in [4.69, 9.17) is 14.7 Å². The van der Waals surface area contributed by atoms with Gasteiger partial charge in [-0.25, -0.2) is 14.8 Å². The second-order valence-electron chi connectivity index (χ2n) is 7.45. The van der Waals surface area contributed by atoms with Crippen LogP contribution in [0.15, 0.2) is 24.3 Å². The fourth-order valence-electron chi connectivity index (χ4n) is 3.75. The van der Waals surface area contributed by atoms with E-state index in [-0.39, 0.29) is 6.03 Å². The van der Waals surface area contributed by atoms with Gasteiger partial charge in [-0.2, -0.15) is 0 Å². The van der Waals surface area contributed by atoms with Crippen molar-refractivity contribution >= 4 is 17.5 Å². The lowest BCUT2D eigenvalue weighted by Crippen LogP contribution is -2.39. The molecule has 0 atom stereocenters. The van der Waals surface area contributed by atoms with Crippen molar-refractivity contribution in [3.05, 3.63) is 35.5 Å². The van der Waals surface area contributed by atoms with Crippen molar-refractivity contribution in [3.63, 3.8) is 0 Å². The number of hydrogen-bond acceptors (Lipinski definition) is 6. The molecule has 0 spiro atoms. The molecule has 1 fully saturated rings. The molecule has 2 aliphatic rings. The van der Waals surface area contributed by atoms with Crippen LogP contribution in [-0.4, -0.2) is 67.3 Å². The number of anilines is 2. The lowest BCUT2D eigenvalue weighted by Gasteiger charge is -2.33. The normalized spacial score (nSPS) is 16.1. The molecule has 1 aromatic heterocycles. The molecule has 8 heteroatoms. The van der Waals surface area contributed by atoms with Gasteiger partial charge in [-0.15, -0.1) is 0 Å². The van der Waals surface area contributed by atoms with Gasteiger partial charge in [-0.1, -0.05) is 13.8 Å². The first-order valence-electron chi connectivity index (χ1n) is 11.2. The Morgan fingerprint density at radius 2 is 1.81 bits per heavy atom. The number of hydrogen-bond donors (Lipinski definition) is 2. The molecule has 2 amide bonds. The van der Waals surface area contributed by atoms with E-state index in [2.05, 4.69) is 27.5 Å². The third-order valence-corrected chi connectivity index (χ3v) is 5.28. The standard InChI is InChI=1S/C21H28N6O2.C2H6/c1-3-22-21(28)23-16-6-4-15(5-7-16)19-24-18-14-26(2)9-8-17(18)20(25-19)27-10-12-29-13-11-27;1-2/h4-7H,3,8-14H2,1-2H3,(H2,22,23,28);1-2H3. The number of ether oxygens (including phenoxy) is 1. The van der Waals surface area contributed by atoms with Gasteiger partial charge >= 0.3 is 6.03 Å². The van der Waals surface area contributed by atoms with Gasteiger partial charge in [0.2, 0.25) is 0 Å². The SMILES string of the molecule is CC.CCNC(=O)Nc1ccc(-c2nc3c(c(N4CCOCC4)n2)CCN(C)C3)cc1. The monoisotopic (exact) mass is 426 g/mol. The molecule has 0 bridgehead atoms. The highest BCUT2D eigenvalue weighted by molar-refractivity contribution is 5.89. The van der Waals surface area contributed by atoms with Gasteiger partial charge < -0.3 is 25.2 Å². The van der Waals surface area contributed by atoms with E-state index >= 15 is 0 Å². The minimum absolute atomic E-state index is 0.206. The van der Waals surface area contributed by atoms with Gasteiger partial charge in [0.15, 0.2) is 5.82 Å². The minimum atomic E-state index is -0.206. The summed E-state index contributed by atoms with van der Waals surface area (Å²) in [4.78, 5) is 26.2. The van der Waals surface area contributed by atoms with E-state index in [1.807, 2.05) is 45.0 Å². The van der Waals surface area contributed by atoms with Gasteiger partial charge in [-0.3, -0.25) is 0 Å². The number of nitrogens with zero attached hydrogens (tertiary/aromatic N) is 4.